The number of carboxylic acid groups (broad SMARTS) is 1. The van der Waals surface area contributed by atoms with Gasteiger partial charge < -0.3 is 25.8 Å². The predicted octanol–water partition coefficient (Wildman–Crippen LogP) is 0.685. The van der Waals surface area contributed by atoms with Crippen molar-refractivity contribution < 1.29 is 29.0 Å². The average Bonchev–Trinajstić information content (AvgIpc) is 2.63. The fourth-order valence-corrected chi connectivity index (χ4v) is 2.45. The summed E-state index contributed by atoms with van der Waals surface area (Å²) in [4.78, 5) is 47.6. The van der Waals surface area contributed by atoms with Crippen molar-refractivity contribution in [2.45, 2.75) is 39.3 Å². The van der Waals surface area contributed by atoms with Crippen molar-refractivity contribution in [2.24, 2.45) is 5.41 Å². The zero-order valence-corrected chi connectivity index (χ0v) is 16.4. The van der Waals surface area contributed by atoms with Crippen LogP contribution in [0.1, 0.15) is 26.3 Å². The molecule has 2 atom stereocenters. The maximum atomic E-state index is 12.8. The highest BCUT2D eigenvalue weighted by Crippen LogP contribution is 2.20. The SMILES string of the molecule is COC(=O)N[C@H](C(=O)N[C@@H](Cc1ccccc1)C(=O)NCC(=O)O)C(C)(C)C. The van der Waals surface area contributed by atoms with Gasteiger partial charge in [-0.2, -0.15) is 0 Å². The summed E-state index contributed by atoms with van der Waals surface area (Å²) in [5.74, 6) is -2.41. The molecular formula is C19H27N3O6. The molecule has 1 aromatic rings. The Balaban J connectivity index is 3.00. The molecule has 0 aliphatic rings. The van der Waals surface area contributed by atoms with Crippen LogP contribution in [0.5, 0.6) is 0 Å². The van der Waals surface area contributed by atoms with E-state index in [2.05, 4.69) is 20.7 Å². The summed E-state index contributed by atoms with van der Waals surface area (Å²) in [5.41, 5.74) is 0.124. The minimum atomic E-state index is -1.20. The topological polar surface area (TPSA) is 134 Å². The van der Waals surface area contributed by atoms with Gasteiger partial charge in [0.05, 0.1) is 7.11 Å². The molecule has 9 heteroatoms. The van der Waals surface area contributed by atoms with Crippen LogP contribution in [0.25, 0.3) is 0 Å². The average molecular weight is 393 g/mol. The molecule has 3 amide bonds. The lowest BCUT2D eigenvalue weighted by molar-refractivity contribution is -0.138. The number of carbonyl (C=O) groups is 4. The molecule has 28 heavy (non-hydrogen) atoms. The van der Waals surface area contributed by atoms with Crippen molar-refractivity contribution in [3.05, 3.63) is 35.9 Å². The third kappa shape index (κ3) is 7.65. The number of methoxy groups -OCH3 is 1. The van der Waals surface area contributed by atoms with E-state index >= 15 is 0 Å². The summed E-state index contributed by atoms with van der Waals surface area (Å²) in [6.07, 6.45) is -0.613. The summed E-state index contributed by atoms with van der Waals surface area (Å²) >= 11 is 0. The lowest BCUT2D eigenvalue weighted by atomic mass is 9.86. The molecule has 0 fully saturated rings. The third-order valence-corrected chi connectivity index (χ3v) is 3.91. The molecule has 0 heterocycles. The third-order valence-electron chi connectivity index (χ3n) is 3.91. The fourth-order valence-electron chi connectivity index (χ4n) is 2.45. The smallest absolute Gasteiger partial charge is 0.407 e. The number of benzene rings is 1. The number of carbonyl (C=O) groups excluding carboxylic acids is 3. The molecule has 0 aliphatic heterocycles. The van der Waals surface area contributed by atoms with Crippen molar-refractivity contribution in [3.8, 4) is 0 Å². The van der Waals surface area contributed by atoms with Crippen molar-refractivity contribution in [1.29, 1.82) is 0 Å². The van der Waals surface area contributed by atoms with Crippen molar-refractivity contribution in [1.82, 2.24) is 16.0 Å². The Bertz CT molecular complexity index is 699. The monoisotopic (exact) mass is 393 g/mol. The quantitative estimate of drug-likeness (QED) is 0.513. The van der Waals surface area contributed by atoms with Crippen LogP contribution < -0.4 is 16.0 Å². The first kappa shape index (κ1) is 22.9. The zero-order valence-electron chi connectivity index (χ0n) is 16.4. The number of amides is 3. The van der Waals surface area contributed by atoms with Crippen LogP contribution in [0.2, 0.25) is 0 Å². The Morgan fingerprint density at radius 3 is 2.14 bits per heavy atom. The van der Waals surface area contributed by atoms with Crippen LogP contribution in [0, 0.1) is 5.41 Å². The van der Waals surface area contributed by atoms with E-state index in [0.717, 1.165) is 5.56 Å². The number of hydrogen-bond acceptors (Lipinski definition) is 5. The first-order chi connectivity index (χ1) is 13.0. The van der Waals surface area contributed by atoms with Gasteiger partial charge in [-0.25, -0.2) is 4.79 Å². The molecule has 0 radical (unpaired) electrons. The molecule has 0 bridgehead atoms. The first-order valence-electron chi connectivity index (χ1n) is 8.73. The molecular weight excluding hydrogens is 366 g/mol. The molecule has 0 unspecified atom stereocenters. The van der Waals surface area contributed by atoms with E-state index in [1.54, 1.807) is 45.0 Å². The highest BCUT2D eigenvalue weighted by Gasteiger charge is 2.35. The van der Waals surface area contributed by atoms with Gasteiger partial charge in [-0.3, -0.25) is 14.4 Å². The largest absolute Gasteiger partial charge is 0.480 e. The van der Waals surface area contributed by atoms with Crippen molar-refractivity contribution in [3.63, 3.8) is 0 Å². The van der Waals surface area contributed by atoms with Crippen LogP contribution in [-0.2, 0) is 25.5 Å². The highest BCUT2D eigenvalue weighted by atomic mass is 16.5. The molecule has 0 aromatic heterocycles. The second kappa shape index (κ2) is 10.3. The van der Waals surface area contributed by atoms with E-state index in [1.807, 2.05) is 6.07 Å². The summed E-state index contributed by atoms with van der Waals surface area (Å²) < 4.78 is 4.56. The Morgan fingerprint density at radius 2 is 1.64 bits per heavy atom. The summed E-state index contributed by atoms with van der Waals surface area (Å²) in [5, 5.41) is 16.1. The summed E-state index contributed by atoms with van der Waals surface area (Å²) in [6, 6.07) is 7.00. The normalized spacial score (nSPS) is 13.0. The van der Waals surface area contributed by atoms with Gasteiger partial charge in [0.2, 0.25) is 11.8 Å². The minimum Gasteiger partial charge on any atom is -0.480 e. The Kier molecular flexibility index (Phi) is 8.43. The molecule has 4 N–H and O–H groups in total. The second-order valence-electron chi connectivity index (χ2n) is 7.30. The molecule has 1 aromatic carbocycles. The standard InChI is InChI=1S/C19H27N3O6/c1-19(2,3)15(22-18(27)28-4)17(26)21-13(16(25)20-11-14(23)24)10-12-8-6-5-7-9-12/h5-9,13,15H,10-11H2,1-4H3,(H,20,25)(H,21,26)(H,22,27)(H,23,24)/t13-,15+/m0/s1. The molecule has 0 spiro atoms. The number of rotatable bonds is 8. The van der Waals surface area contributed by atoms with Crippen LogP contribution >= 0.6 is 0 Å². The van der Waals surface area contributed by atoms with Gasteiger partial charge in [0.1, 0.15) is 18.6 Å². The van der Waals surface area contributed by atoms with Gasteiger partial charge in [0.15, 0.2) is 0 Å². The van der Waals surface area contributed by atoms with Gasteiger partial charge in [0.25, 0.3) is 0 Å². The van der Waals surface area contributed by atoms with E-state index < -0.39 is 47.9 Å². The predicted molar refractivity (Wildman–Crippen MR) is 102 cm³/mol. The fraction of sp³-hybridized carbons (Fsp3) is 0.474. The summed E-state index contributed by atoms with van der Waals surface area (Å²) in [7, 11) is 1.19. The maximum absolute atomic E-state index is 12.8. The van der Waals surface area contributed by atoms with E-state index in [-0.39, 0.29) is 6.42 Å². The Morgan fingerprint density at radius 1 is 1.04 bits per heavy atom. The highest BCUT2D eigenvalue weighted by molar-refractivity contribution is 5.92. The van der Waals surface area contributed by atoms with Crippen LogP contribution in [0.15, 0.2) is 30.3 Å². The van der Waals surface area contributed by atoms with E-state index in [0.29, 0.717) is 0 Å². The molecule has 154 valence electrons. The van der Waals surface area contributed by atoms with E-state index in [1.165, 1.54) is 7.11 Å². The van der Waals surface area contributed by atoms with Crippen molar-refractivity contribution >= 4 is 23.9 Å². The number of aliphatic carboxylic acids is 1. The van der Waals surface area contributed by atoms with Gasteiger partial charge in [0, 0.05) is 6.42 Å². The zero-order chi connectivity index (χ0) is 21.3. The number of ether oxygens (including phenoxy) is 1. The Hall–Kier alpha value is -3.10. The summed E-state index contributed by atoms with van der Waals surface area (Å²) in [6.45, 7) is 4.70. The van der Waals surface area contributed by atoms with Gasteiger partial charge in [-0.05, 0) is 11.0 Å². The van der Waals surface area contributed by atoms with Gasteiger partial charge in [-0.1, -0.05) is 51.1 Å². The molecule has 0 aliphatic carbocycles. The van der Waals surface area contributed by atoms with Crippen LogP contribution in [0.4, 0.5) is 4.79 Å². The number of carboxylic acids is 1. The molecule has 9 nitrogen and oxygen atoms in total. The molecule has 0 saturated carbocycles. The van der Waals surface area contributed by atoms with Gasteiger partial charge >= 0.3 is 12.1 Å². The van der Waals surface area contributed by atoms with Gasteiger partial charge in [-0.15, -0.1) is 0 Å². The number of hydrogen-bond donors (Lipinski definition) is 4. The minimum absolute atomic E-state index is 0.160. The maximum Gasteiger partial charge on any atom is 0.407 e. The van der Waals surface area contributed by atoms with E-state index in [9.17, 15) is 19.2 Å². The molecule has 0 saturated heterocycles. The van der Waals surface area contributed by atoms with Crippen LogP contribution in [-0.4, -0.2) is 54.7 Å². The first-order valence-corrected chi connectivity index (χ1v) is 8.73. The second-order valence-corrected chi connectivity index (χ2v) is 7.30. The lowest BCUT2D eigenvalue weighted by Crippen LogP contribution is -2.58. The molecule has 1 rings (SSSR count). The number of alkyl carbamates (subject to hydrolysis) is 1. The van der Waals surface area contributed by atoms with Crippen LogP contribution in [0.3, 0.4) is 0 Å². The number of nitrogens with one attached hydrogen (secondary N) is 3. The lowest BCUT2D eigenvalue weighted by Gasteiger charge is -2.31. The van der Waals surface area contributed by atoms with E-state index in [4.69, 9.17) is 5.11 Å². The Labute approximate surface area is 163 Å². The van der Waals surface area contributed by atoms with Crippen molar-refractivity contribution in [2.75, 3.05) is 13.7 Å².